The van der Waals surface area contributed by atoms with Crippen molar-refractivity contribution in [2.75, 3.05) is 0 Å². The first-order valence-corrected chi connectivity index (χ1v) is 13.4. The highest BCUT2D eigenvalue weighted by molar-refractivity contribution is 7.88. The molecule has 0 fully saturated rings. The van der Waals surface area contributed by atoms with Crippen molar-refractivity contribution in [3.05, 3.63) is 131 Å². The summed E-state index contributed by atoms with van der Waals surface area (Å²) in [6.07, 6.45) is -4.47. The van der Waals surface area contributed by atoms with Gasteiger partial charge in [0.25, 0.3) is 5.91 Å². The molecule has 0 aromatic heterocycles. The third kappa shape index (κ3) is 7.08. The average Bonchev–Trinajstić information content (AvgIpc) is 2.91. The van der Waals surface area contributed by atoms with Crippen LogP contribution in [0, 0.1) is 0 Å². The Kier molecular flexibility index (Phi) is 8.29. The summed E-state index contributed by atoms with van der Waals surface area (Å²) >= 11 is 0. The van der Waals surface area contributed by atoms with Crippen LogP contribution in [0.5, 0.6) is 0 Å². The molecular weight excluding hydrogens is 513 g/mol. The van der Waals surface area contributed by atoms with E-state index in [2.05, 4.69) is 10.0 Å². The molecule has 9 heteroatoms. The van der Waals surface area contributed by atoms with Crippen molar-refractivity contribution in [2.45, 2.75) is 25.0 Å². The van der Waals surface area contributed by atoms with E-state index in [1.54, 1.807) is 72.8 Å². The third-order valence-electron chi connectivity index (χ3n) is 5.87. The first kappa shape index (κ1) is 27.1. The number of benzene rings is 4. The van der Waals surface area contributed by atoms with Crippen LogP contribution >= 0.6 is 0 Å². The van der Waals surface area contributed by atoms with E-state index in [0.29, 0.717) is 33.4 Å². The first-order valence-electron chi connectivity index (χ1n) is 11.8. The molecule has 0 aliphatic rings. The van der Waals surface area contributed by atoms with Gasteiger partial charge in [-0.05, 0) is 46.0 Å². The summed E-state index contributed by atoms with van der Waals surface area (Å²) in [5.41, 5.74) is 2.43. The van der Waals surface area contributed by atoms with Crippen molar-refractivity contribution in [1.82, 2.24) is 10.0 Å². The number of hydrogen-bond acceptors (Lipinski definition) is 3. The van der Waals surface area contributed by atoms with Crippen LogP contribution in [0.2, 0.25) is 0 Å². The van der Waals surface area contributed by atoms with Gasteiger partial charge in [0.2, 0.25) is 10.0 Å². The monoisotopic (exact) mass is 538 g/mol. The topological polar surface area (TPSA) is 75.3 Å². The second kappa shape index (κ2) is 11.6. The lowest BCUT2D eigenvalue weighted by Gasteiger charge is -2.15. The van der Waals surface area contributed by atoms with Gasteiger partial charge < -0.3 is 5.32 Å². The van der Waals surface area contributed by atoms with Gasteiger partial charge in [-0.2, -0.15) is 13.2 Å². The van der Waals surface area contributed by atoms with Gasteiger partial charge >= 0.3 is 6.18 Å². The van der Waals surface area contributed by atoms with Gasteiger partial charge in [0.15, 0.2) is 0 Å². The lowest BCUT2D eigenvalue weighted by Crippen LogP contribution is -2.25. The Morgan fingerprint density at radius 1 is 0.711 bits per heavy atom. The van der Waals surface area contributed by atoms with Gasteiger partial charge in [0.1, 0.15) is 0 Å². The summed E-state index contributed by atoms with van der Waals surface area (Å²) in [5, 5.41) is 2.69. The molecule has 0 heterocycles. The minimum atomic E-state index is -4.47. The molecule has 4 aromatic rings. The molecule has 0 bridgehead atoms. The number of amides is 1. The number of hydrogen-bond donors (Lipinski definition) is 2. The second-order valence-electron chi connectivity index (χ2n) is 8.65. The highest BCUT2D eigenvalue weighted by atomic mass is 32.2. The van der Waals surface area contributed by atoms with E-state index in [-0.39, 0.29) is 18.8 Å². The summed E-state index contributed by atoms with van der Waals surface area (Å²) in [5.74, 6) is -0.623. The maximum Gasteiger partial charge on any atom is 0.416 e. The molecule has 0 atom stereocenters. The minimum absolute atomic E-state index is 0.0194. The van der Waals surface area contributed by atoms with Crippen LogP contribution in [-0.4, -0.2) is 14.3 Å². The van der Waals surface area contributed by atoms with Crippen LogP contribution in [0.25, 0.3) is 11.1 Å². The summed E-state index contributed by atoms with van der Waals surface area (Å²) in [6, 6.07) is 27.6. The van der Waals surface area contributed by atoms with Gasteiger partial charge in [-0.25, -0.2) is 13.1 Å². The maximum absolute atomic E-state index is 13.1. The van der Waals surface area contributed by atoms with Crippen LogP contribution in [-0.2, 0) is 35.0 Å². The third-order valence-corrected chi connectivity index (χ3v) is 7.17. The standard InChI is InChI=1S/C29H25F3N2O3S/c30-29(31,32)24-13-8-11-22(17-24)18-33-28(35)27-16-7-6-15-26(27)25-14-5-4-12-23(25)19-34-38(36,37)20-21-9-2-1-3-10-21/h1-17,34H,18-20H2,(H,33,35). The molecule has 1 amide bonds. The van der Waals surface area contributed by atoms with E-state index in [9.17, 15) is 26.4 Å². The molecule has 2 N–H and O–H groups in total. The van der Waals surface area contributed by atoms with Crippen LogP contribution < -0.4 is 10.0 Å². The summed E-state index contributed by atoms with van der Waals surface area (Å²) < 4.78 is 67.0. The average molecular weight is 539 g/mol. The zero-order valence-electron chi connectivity index (χ0n) is 20.2. The van der Waals surface area contributed by atoms with Crippen molar-refractivity contribution in [2.24, 2.45) is 0 Å². The fourth-order valence-electron chi connectivity index (χ4n) is 4.02. The van der Waals surface area contributed by atoms with Crippen LogP contribution in [0.3, 0.4) is 0 Å². The molecule has 0 aliphatic heterocycles. The Morgan fingerprint density at radius 2 is 1.34 bits per heavy atom. The highest BCUT2D eigenvalue weighted by Crippen LogP contribution is 2.30. The van der Waals surface area contributed by atoms with E-state index < -0.39 is 27.7 Å². The second-order valence-corrected chi connectivity index (χ2v) is 10.5. The summed E-state index contributed by atoms with van der Waals surface area (Å²) in [7, 11) is -3.62. The molecule has 38 heavy (non-hydrogen) atoms. The fraction of sp³-hybridized carbons (Fsp3) is 0.138. The van der Waals surface area contributed by atoms with Crippen molar-refractivity contribution in [1.29, 1.82) is 0 Å². The number of rotatable bonds is 9. The molecule has 0 saturated carbocycles. The Bertz CT molecular complexity index is 1520. The molecule has 196 valence electrons. The van der Waals surface area contributed by atoms with Crippen molar-refractivity contribution in [3.8, 4) is 11.1 Å². The summed E-state index contributed by atoms with van der Waals surface area (Å²) in [6.45, 7) is -0.0659. The van der Waals surface area contributed by atoms with Crippen molar-refractivity contribution in [3.63, 3.8) is 0 Å². The minimum Gasteiger partial charge on any atom is -0.348 e. The Balaban J connectivity index is 1.52. The quantitative estimate of drug-likeness (QED) is 0.278. The molecule has 0 unspecified atom stereocenters. The van der Waals surface area contributed by atoms with Gasteiger partial charge in [-0.15, -0.1) is 0 Å². The molecular formula is C29H25F3N2O3S. The van der Waals surface area contributed by atoms with Crippen molar-refractivity contribution >= 4 is 15.9 Å². The summed E-state index contributed by atoms with van der Waals surface area (Å²) in [4.78, 5) is 13.1. The largest absolute Gasteiger partial charge is 0.416 e. The maximum atomic E-state index is 13.1. The van der Waals surface area contributed by atoms with E-state index in [4.69, 9.17) is 0 Å². The van der Waals surface area contributed by atoms with Crippen LogP contribution in [0.1, 0.15) is 32.6 Å². The number of sulfonamides is 1. The Morgan fingerprint density at radius 3 is 2.08 bits per heavy atom. The smallest absolute Gasteiger partial charge is 0.348 e. The van der Waals surface area contributed by atoms with E-state index in [0.717, 1.165) is 12.1 Å². The first-order chi connectivity index (χ1) is 18.1. The normalized spacial score (nSPS) is 11.8. The fourth-order valence-corrected chi connectivity index (χ4v) is 5.13. The molecule has 0 radical (unpaired) electrons. The SMILES string of the molecule is O=C(NCc1cccc(C(F)(F)F)c1)c1ccccc1-c1ccccc1CNS(=O)(=O)Cc1ccccc1. The Labute approximate surface area is 219 Å². The van der Waals surface area contributed by atoms with Gasteiger partial charge in [0, 0.05) is 18.7 Å². The molecule has 0 saturated heterocycles. The highest BCUT2D eigenvalue weighted by Gasteiger charge is 2.30. The van der Waals surface area contributed by atoms with Gasteiger partial charge in [-0.3, -0.25) is 4.79 Å². The number of nitrogens with one attached hydrogen (secondary N) is 2. The van der Waals surface area contributed by atoms with Gasteiger partial charge in [0.05, 0.1) is 11.3 Å². The lowest BCUT2D eigenvalue weighted by molar-refractivity contribution is -0.137. The zero-order chi connectivity index (χ0) is 27.2. The number of carbonyl (C=O) groups excluding carboxylic acids is 1. The molecule has 0 aliphatic carbocycles. The van der Waals surface area contributed by atoms with E-state index in [1.165, 1.54) is 12.1 Å². The number of carbonyl (C=O) groups is 1. The van der Waals surface area contributed by atoms with E-state index in [1.807, 2.05) is 6.07 Å². The molecule has 4 aromatic carbocycles. The predicted octanol–water partition coefficient (Wildman–Crippen LogP) is 5.92. The molecule has 4 rings (SSSR count). The van der Waals surface area contributed by atoms with Crippen LogP contribution in [0.15, 0.2) is 103 Å². The van der Waals surface area contributed by atoms with Gasteiger partial charge in [-0.1, -0.05) is 84.9 Å². The van der Waals surface area contributed by atoms with Crippen LogP contribution in [0.4, 0.5) is 13.2 Å². The Hall–Kier alpha value is -3.95. The predicted molar refractivity (Wildman–Crippen MR) is 140 cm³/mol. The molecule has 0 spiro atoms. The number of halogens is 3. The van der Waals surface area contributed by atoms with Crippen molar-refractivity contribution < 1.29 is 26.4 Å². The number of alkyl halides is 3. The zero-order valence-corrected chi connectivity index (χ0v) is 21.0. The molecule has 5 nitrogen and oxygen atoms in total. The lowest BCUT2D eigenvalue weighted by atomic mass is 9.95. The van der Waals surface area contributed by atoms with E-state index >= 15 is 0 Å².